The molecule has 0 aliphatic carbocycles. The van der Waals surface area contributed by atoms with Crippen LogP contribution in [-0.2, 0) is 15.0 Å². The molecule has 12 heteroatoms. The van der Waals surface area contributed by atoms with E-state index in [0.29, 0.717) is 16.3 Å². The Morgan fingerprint density at radius 1 is 0.922 bits per heavy atom. The van der Waals surface area contributed by atoms with Crippen LogP contribution in [0.4, 0.5) is 17.1 Å². The first-order valence-corrected chi connectivity index (χ1v) is 16.2. The summed E-state index contributed by atoms with van der Waals surface area (Å²) in [5, 5.41) is 15.2. The molecule has 0 saturated carbocycles. The zero-order valence-electron chi connectivity index (χ0n) is 27.1. The number of carbonyl (C=O) groups excluding carboxylic acids is 2. The number of nitrogens with zero attached hydrogens (tertiary/aromatic N) is 2. The van der Waals surface area contributed by atoms with Crippen LogP contribution in [0.3, 0.4) is 0 Å². The number of hydrogen-bond donors (Lipinski definition) is 3. The first-order valence-electron chi connectivity index (χ1n) is 14.6. The zero-order valence-corrected chi connectivity index (χ0v) is 30.1. The molecule has 0 spiro atoms. The van der Waals surface area contributed by atoms with Crippen LogP contribution in [0.2, 0.25) is 20.1 Å². The van der Waals surface area contributed by atoms with Gasteiger partial charge in [-0.1, -0.05) is 67.2 Å². The molecule has 0 bridgehead atoms. The largest absolute Gasteiger partial charge is 0.508 e. The number of hydrazine groups is 1. The minimum atomic E-state index is -1.36. The molecule has 51 heavy (non-hydrogen) atoms. The Hall–Kier alpha value is -5.81. The highest BCUT2D eigenvalue weighted by molar-refractivity contribution is 6.42. The molecule has 4 rings (SSSR count). The normalized spacial score (nSPS) is 12.8. The summed E-state index contributed by atoms with van der Waals surface area (Å²) < 4.78 is 5.99. The molecule has 3 aromatic carbocycles. The Morgan fingerprint density at radius 3 is 2.18 bits per heavy atom. The van der Waals surface area contributed by atoms with E-state index in [1.807, 2.05) is 20.8 Å². The summed E-state index contributed by atoms with van der Waals surface area (Å²) in [5.41, 5.74) is 3.84. The topological polar surface area (TPSA) is 103 Å². The number of aromatic hydroxyl groups is 1. The lowest BCUT2D eigenvalue weighted by Gasteiger charge is -2.22. The van der Waals surface area contributed by atoms with Gasteiger partial charge in [-0.25, -0.2) is 10.0 Å². The van der Waals surface area contributed by atoms with Crippen molar-refractivity contribution < 1.29 is 19.4 Å². The molecule has 8 nitrogen and oxygen atoms in total. The molecule has 252 valence electrons. The van der Waals surface area contributed by atoms with Crippen molar-refractivity contribution in [2.24, 2.45) is 4.99 Å². The molecule has 0 radical (unpaired) electrons. The highest BCUT2D eigenvalue weighted by Gasteiger charge is 2.31. The van der Waals surface area contributed by atoms with Gasteiger partial charge in [-0.05, 0) is 119 Å². The third kappa shape index (κ3) is 10.6. The number of amidine groups is 1. The van der Waals surface area contributed by atoms with Crippen LogP contribution < -0.4 is 20.5 Å². The molecule has 1 saturated heterocycles. The van der Waals surface area contributed by atoms with E-state index in [1.165, 1.54) is 41.4 Å². The second kappa shape index (κ2) is 17.2. The number of hydrogen-bond acceptors (Lipinski definition) is 5. The minimum Gasteiger partial charge on any atom is -0.508 e. The molecule has 0 aromatic heterocycles. The molecule has 1 aliphatic rings. The van der Waals surface area contributed by atoms with Gasteiger partial charge in [-0.3, -0.25) is 15.0 Å². The summed E-state index contributed by atoms with van der Waals surface area (Å²) >= 11 is 25.1. The summed E-state index contributed by atoms with van der Waals surface area (Å²) in [6.07, 6.45) is 3.55. The average Bonchev–Trinajstić information content (AvgIpc) is 3.41. The second-order valence-electron chi connectivity index (χ2n) is 11.3. The van der Waals surface area contributed by atoms with E-state index in [4.69, 9.17) is 57.6 Å². The summed E-state index contributed by atoms with van der Waals surface area (Å²) in [5.74, 6) is 26.7. The highest BCUT2D eigenvalue weighted by atomic mass is 35.5. The van der Waals surface area contributed by atoms with Gasteiger partial charge in [0.05, 0.1) is 27.2 Å². The molecule has 1 fully saturated rings. The van der Waals surface area contributed by atoms with Gasteiger partial charge >= 0.3 is 0 Å². The molecule has 1 heterocycles. The van der Waals surface area contributed by atoms with Crippen LogP contribution in [0.15, 0.2) is 53.5 Å². The van der Waals surface area contributed by atoms with Crippen molar-refractivity contribution in [3.05, 3.63) is 74.2 Å². The van der Waals surface area contributed by atoms with Crippen molar-refractivity contribution in [1.82, 2.24) is 5.43 Å². The third-order valence-electron chi connectivity index (χ3n) is 6.53. The Labute approximate surface area is 315 Å². The van der Waals surface area contributed by atoms with Crippen LogP contribution in [0.25, 0.3) is 0 Å². The average molecular weight is 754 g/mol. The van der Waals surface area contributed by atoms with E-state index in [1.54, 1.807) is 12.1 Å². The number of aliphatic imine (C=N–C) groups is 1. The number of benzene rings is 3. The van der Waals surface area contributed by atoms with E-state index in [0.717, 1.165) is 0 Å². The number of phenols is 1. The van der Waals surface area contributed by atoms with Gasteiger partial charge in [0.2, 0.25) is 6.10 Å². The fourth-order valence-electron chi connectivity index (χ4n) is 4.31. The number of carbonyl (C=O) groups is 2. The minimum absolute atomic E-state index is 0.0796. The van der Waals surface area contributed by atoms with Crippen LogP contribution >= 0.6 is 46.4 Å². The molecular weight excluding hydrogens is 730 g/mol. The molecular formula is C39H24Cl4N4O4. The van der Waals surface area contributed by atoms with Gasteiger partial charge in [0, 0.05) is 16.3 Å². The molecule has 1 atom stereocenters. The molecule has 3 aromatic rings. The first kappa shape index (κ1) is 38.0. The predicted octanol–water partition coefficient (Wildman–Crippen LogP) is 7.31. The van der Waals surface area contributed by atoms with Gasteiger partial charge in [0.25, 0.3) is 11.8 Å². The number of phenolic OH excluding ortho intramolecular Hbond substituents is 1. The zero-order chi connectivity index (χ0) is 37.1. The fourth-order valence-corrected chi connectivity index (χ4v) is 5.45. The molecule has 3 N–H and O–H groups in total. The summed E-state index contributed by atoms with van der Waals surface area (Å²) in [6, 6.07) is 12.2. The Kier molecular flexibility index (Phi) is 12.8. The smallest absolute Gasteiger partial charge is 0.278 e. The van der Waals surface area contributed by atoms with Gasteiger partial charge < -0.3 is 15.2 Å². The first-order chi connectivity index (χ1) is 24.3. The lowest BCUT2D eigenvalue weighted by atomic mass is 9.86. The maximum Gasteiger partial charge on any atom is 0.278 e. The maximum atomic E-state index is 13.6. The molecule has 2 amide bonds. The monoisotopic (exact) mass is 752 g/mol. The van der Waals surface area contributed by atoms with Crippen LogP contribution in [0, 0.1) is 71.5 Å². The van der Waals surface area contributed by atoms with Gasteiger partial charge in [-0.2, -0.15) is 0 Å². The number of rotatable bonds is 6. The van der Waals surface area contributed by atoms with Crippen molar-refractivity contribution in [1.29, 1.82) is 0 Å². The van der Waals surface area contributed by atoms with Gasteiger partial charge in [0.1, 0.15) is 23.0 Å². The summed E-state index contributed by atoms with van der Waals surface area (Å²) in [7, 11) is 0. The van der Waals surface area contributed by atoms with Crippen molar-refractivity contribution in [2.75, 3.05) is 10.3 Å². The van der Waals surface area contributed by atoms with Crippen molar-refractivity contribution >= 4 is 81.1 Å². The third-order valence-corrected chi connectivity index (χ3v) is 7.64. The van der Waals surface area contributed by atoms with Crippen molar-refractivity contribution in [3.63, 3.8) is 0 Å². The number of halogens is 4. The quantitative estimate of drug-likeness (QED) is 0.229. The number of ether oxygens (including phenoxy) is 1. The maximum absolute atomic E-state index is 13.6. The summed E-state index contributed by atoms with van der Waals surface area (Å²) in [4.78, 5) is 30.9. The predicted molar refractivity (Wildman–Crippen MR) is 203 cm³/mol. The van der Waals surface area contributed by atoms with Crippen LogP contribution in [0.1, 0.15) is 32.8 Å². The second-order valence-corrected chi connectivity index (χ2v) is 12.9. The van der Waals surface area contributed by atoms with E-state index in [2.05, 4.69) is 80.9 Å². The van der Waals surface area contributed by atoms with Crippen LogP contribution in [-0.4, -0.2) is 28.9 Å². The number of nitrogens with one attached hydrogen (secondary N) is 2. The molecule has 1 aliphatic heterocycles. The Bertz CT molecular complexity index is 2290. The van der Waals surface area contributed by atoms with Gasteiger partial charge in [0.15, 0.2) is 0 Å². The number of amides is 2. The van der Waals surface area contributed by atoms with E-state index in [9.17, 15) is 14.7 Å². The van der Waals surface area contributed by atoms with Crippen molar-refractivity contribution in [3.8, 4) is 83.0 Å². The number of anilines is 2. The van der Waals surface area contributed by atoms with E-state index < -0.39 is 17.4 Å². The lowest BCUT2D eigenvalue weighted by Crippen LogP contribution is -2.36. The Morgan fingerprint density at radius 2 is 1.55 bits per heavy atom. The molecule has 1 unspecified atom stereocenters. The van der Waals surface area contributed by atoms with E-state index in [-0.39, 0.29) is 56.1 Å². The lowest BCUT2D eigenvalue weighted by molar-refractivity contribution is -0.120. The number of terminal acetylenes is 1. The van der Waals surface area contributed by atoms with Crippen molar-refractivity contribution in [2.45, 2.75) is 38.7 Å². The Balaban J connectivity index is 1.59. The standard InChI is InChI=1S/C39H24Cl4N4O4/c1-5-6-7-8-9-10-11-12-13-14-15-34(51-27-17-19-33(48)28(23-27)39(2,3)4)38(50)44-26-16-18-29(41)32(22-26)45-35-24-36(49)47(46-35)37-30(42)20-25(40)21-31(37)43/h1,16-23,34,48H,24H2,2-4H3,(H,44,50)(H,45,46). The van der Waals surface area contributed by atoms with E-state index >= 15 is 0 Å². The summed E-state index contributed by atoms with van der Waals surface area (Å²) in [6.45, 7) is 5.78. The SMILES string of the molecule is C#CC#CC#CC#CC#CC#CC(Oc1ccc(O)c(C(C)(C)C)c1)C(=O)Nc1ccc(Cl)c(N=C2CC(=O)N(c3c(Cl)cc(Cl)cc3Cl)N2)c1. The van der Waals surface area contributed by atoms with Crippen LogP contribution in [0.5, 0.6) is 11.5 Å². The highest BCUT2D eigenvalue weighted by Crippen LogP contribution is 2.38. The fraction of sp³-hybridized carbons (Fsp3) is 0.154. The van der Waals surface area contributed by atoms with Gasteiger partial charge in [-0.15, -0.1) is 6.42 Å².